The molecule has 0 radical (unpaired) electrons. The van der Waals surface area contributed by atoms with Crippen molar-refractivity contribution in [3.05, 3.63) is 28.6 Å². The molecule has 0 bridgehead atoms. The first kappa shape index (κ1) is 12.6. The molecule has 0 atom stereocenters. The molecule has 1 fully saturated rings. The number of thiazole rings is 1. The third-order valence-corrected chi connectivity index (χ3v) is 4.62. The van der Waals surface area contributed by atoms with Gasteiger partial charge in [-0.1, -0.05) is 17.4 Å². The monoisotopic (exact) mass is 295 g/mol. The van der Waals surface area contributed by atoms with Gasteiger partial charge in [0.25, 0.3) is 5.91 Å². The molecule has 5 nitrogen and oxygen atoms in total. The molecule has 0 spiro atoms. The van der Waals surface area contributed by atoms with Crippen LogP contribution in [0.25, 0.3) is 0 Å². The quantitative estimate of drug-likeness (QED) is 0.944. The van der Waals surface area contributed by atoms with Gasteiger partial charge in [0.2, 0.25) is 0 Å². The second kappa shape index (κ2) is 5.68. The minimum Gasteiger partial charge on any atom is -0.378 e. The van der Waals surface area contributed by atoms with Crippen molar-refractivity contribution < 1.29 is 9.53 Å². The molecule has 2 aromatic heterocycles. The van der Waals surface area contributed by atoms with E-state index in [0.29, 0.717) is 10.0 Å². The van der Waals surface area contributed by atoms with Gasteiger partial charge in [-0.05, 0) is 11.4 Å². The van der Waals surface area contributed by atoms with E-state index in [1.807, 2.05) is 11.4 Å². The maximum atomic E-state index is 11.9. The van der Waals surface area contributed by atoms with E-state index in [0.717, 1.165) is 31.3 Å². The number of carbonyl (C=O) groups excluding carboxylic acids is 1. The fourth-order valence-electron chi connectivity index (χ4n) is 1.82. The first-order valence-corrected chi connectivity index (χ1v) is 7.66. The summed E-state index contributed by atoms with van der Waals surface area (Å²) in [6.07, 6.45) is 1.81. The average Bonchev–Trinajstić information content (AvgIpc) is 3.11. The van der Waals surface area contributed by atoms with Crippen LogP contribution in [0.3, 0.4) is 0 Å². The molecule has 0 aliphatic carbocycles. The lowest BCUT2D eigenvalue weighted by atomic mass is 10.4. The standard InChI is InChI=1S/C12H13N3O2S2/c16-11(9-2-1-7-18-9)14-12-13-8-10(19-12)15-3-5-17-6-4-15/h1-2,7-8H,3-6H2,(H,13,14,16). The Morgan fingerprint density at radius 1 is 1.42 bits per heavy atom. The number of morpholine rings is 1. The Bertz CT molecular complexity index is 547. The number of ether oxygens (including phenoxy) is 1. The first-order chi connectivity index (χ1) is 9.33. The van der Waals surface area contributed by atoms with E-state index in [2.05, 4.69) is 15.2 Å². The molecule has 0 aromatic carbocycles. The van der Waals surface area contributed by atoms with Crippen LogP contribution >= 0.6 is 22.7 Å². The van der Waals surface area contributed by atoms with Gasteiger partial charge in [-0.25, -0.2) is 4.98 Å². The highest BCUT2D eigenvalue weighted by atomic mass is 32.1. The van der Waals surface area contributed by atoms with Gasteiger partial charge in [0, 0.05) is 13.1 Å². The molecule has 1 aliphatic rings. The topological polar surface area (TPSA) is 54.5 Å². The zero-order valence-electron chi connectivity index (χ0n) is 10.2. The lowest BCUT2D eigenvalue weighted by Gasteiger charge is -2.26. The van der Waals surface area contributed by atoms with Gasteiger partial charge in [0.1, 0.15) is 5.00 Å². The predicted octanol–water partition coefficient (Wildman–Crippen LogP) is 2.29. The van der Waals surface area contributed by atoms with Crippen molar-refractivity contribution in [3.8, 4) is 0 Å². The second-order valence-corrected chi connectivity index (χ2v) is 5.99. The highest BCUT2D eigenvalue weighted by Gasteiger charge is 2.15. The second-order valence-electron chi connectivity index (χ2n) is 4.03. The van der Waals surface area contributed by atoms with E-state index >= 15 is 0 Å². The van der Waals surface area contributed by atoms with Crippen molar-refractivity contribution in [2.24, 2.45) is 0 Å². The summed E-state index contributed by atoms with van der Waals surface area (Å²) < 4.78 is 5.32. The zero-order chi connectivity index (χ0) is 13.1. The number of aromatic nitrogens is 1. The number of hydrogen-bond acceptors (Lipinski definition) is 6. The van der Waals surface area contributed by atoms with Crippen LogP contribution in [0.1, 0.15) is 9.67 Å². The Morgan fingerprint density at radius 3 is 3.00 bits per heavy atom. The minimum atomic E-state index is -0.0992. The van der Waals surface area contributed by atoms with E-state index in [1.54, 1.807) is 12.3 Å². The molecule has 0 saturated carbocycles. The fraction of sp³-hybridized carbons (Fsp3) is 0.333. The number of carbonyl (C=O) groups is 1. The molecular weight excluding hydrogens is 282 g/mol. The third-order valence-electron chi connectivity index (χ3n) is 2.78. The number of amides is 1. The Hall–Kier alpha value is -1.44. The van der Waals surface area contributed by atoms with Gasteiger partial charge in [-0.2, -0.15) is 0 Å². The Kier molecular flexibility index (Phi) is 3.77. The summed E-state index contributed by atoms with van der Waals surface area (Å²) in [5.41, 5.74) is 0. The Morgan fingerprint density at radius 2 is 2.26 bits per heavy atom. The molecule has 1 aliphatic heterocycles. The Balaban J connectivity index is 1.66. The van der Waals surface area contributed by atoms with Crippen molar-refractivity contribution in [2.75, 3.05) is 36.5 Å². The number of nitrogens with one attached hydrogen (secondary N) is 1. The number of nitrogens with zero attached hydrogens (tertiary/aromatic N) is 2. The largest absolute Gasteiger partial charge is 0.378 e. The lowest BCUT2D eigenvalue weighted by molar-refractivity contribution is 0.103. The summed E-state index contributed by atoms with van der Waals surface area (Å²) in [4.78, 5) is 19.1. The molecule has 2 aromatic rings. The van der Waals surface area contributed by atoms with Crippen molar-refractivity contribution >= 4 is 38.7 Å². The van der Waals surface area contributed by atoms with E-state index in [-0.39, 0.29) is 5.91 Å². The molecule has 1 N–H and O–H groups in total. The van der Waals surface area contributed by atoms with Gasteiger partial charge < -0.3 is 9.64 Å². The van der Waals surface area contributed by atoms with Crippen LogP contribution in [-0.2, 0) is 4.74 Å². The summed E-state index contributed by atoms with van der Waals surface area (Å²) in [6, 6.07) is 3.66. The summed E-state index contributed by atoms with van der Waals surface area (Å²) in [5.74, 6) is -0.0992. The van der Waals surface area contributed by atoms with Crippen LogP contribution in [0.5, 0.6) is 0 Å². The average molecular weight is 295 g/mol. The molecule has 3 rings (SSSR count). The highest BCUT2D eigenvalue weighted by Crippen LogP contribution is 2.28. The maximum absolute atomic E-state index is 11.9. The van der Waals surface area contributed by atoms with E-state index in [9.17, 15) is 4.79 Å². The molecule has 3 heterocycles. The Labute approximate surface area is 118 Å². The molecule has 7 heteroatoms. The van der Waals surface area contributed by atoms with E-state index in [4.69, 9.17) is 4.74 Å². The molecule has 1 saturated heterocycles. The summed E-state index contributed by atoms with van der Waals surface area (Å²) in [7, 11) is 0. The fourth-order valence-corrected chi connectivity index (χ4v) is 3.30. The van der Waals surface area contributed by atoms with E-state index in [1.165, 1.54) is 22.7 Å². The number of thiophene rings is 1. The first-order valence-electron chi connectivity index (χ1n) is 5.96. The smallest absolute Gasteiger partial charge is 0.267 e. The zero-order valence-corrected chi connectivity index (χ0v) is 11.8. The number of hydrogen-bond donors (Lipinski definition) is 1. The van der Waals surface area contributed by atoms with Crippen LogP contribution in [0.2, 0.25) is 0 Å². The summed E-state index contributed by atoms with van der Waals surface area (Å²) >= 11 is 2.92. The normalized spacial score (nSPS) is 15.5. The van der Waals surface area contributed by atoms with Gasteiger partial charge in [0.15, 0.2) is 5.13 Å². The van der Waals surface area contributed by atoms with Crippen LogP contribution in [0.15, 0.2) is 23.7 Å². The molecule has 19 heavy (non-hydrogen) atoms. The SMILES string of the molecule is O=C(Nc1ncc(N2CCOCC2)s1)c1cccs1. The van der Waals surface area contributed by atoms with Gasteiger partial charge in [-0.3, -0.25) is 10.1 Å². The van der Waals surface area contributed by atoms with Crippen LogP contribution in [0.4, 0.5) is 10.1 Å². The van der Waals surface area contributed by atoms with Crippen LogP contribution < -0.4 is 10.2 Å². The summed E-state index contributed by atoms with van der Waals surface area (Å²) in [5, 5.41) is 6.42. The molecule has 0 unspecified atom stereocenters. The van der Waals surface area contributed by atoms with Gasteiger partial charge in [-0.15, -0.1) is 11.3 Å². The van der Waals surface area contributed by atoms with Gasteiger partial charge in [0.05, 0.1) is 24.3 Å². The van der Waals surface area contributed by atoms with Crippen molar-refractivity contribution in [1.82, 2.24) is 4.98 Å². The minimum absolute atomic E-state index is 0.0992. The number of anilines is 2. The van der Waals surface area contributed by atoms with Crippen molar-refractivity contribution in [1.29, 1.82) is 0 Å². The van der Waals surface area contributed by atoms with Crippen LogP contribution in [-0.4, -0.2) is 37.2 Å². The van der Waals surface area contributed by atoms with E-state index < -0.39 is 0 Å². The van der Waals surface area contributed by atoms with Crippen molar-refractivity contribution in [2.45, 2.75) is 0 Å². The molecule has 100 valence electrons. The van der Waals surface area contributed by atoms with Gasteiger partial charge >= 0.3 is 0 Å². The van der Waals surface area contributed by atoms with Crippen molar-refractivity contribution in [3.63, 3.8) is 0 Å². The predicted molar refractivity (Wildman–Crippen MR) is 77.4 cm³/mol. The third kappa shape index (κ3) is 2.94. The van der Waals surface area contributed by atoms with Crippen LogP contribution in [0, 0.1) is 0 Å². The summed E-state index contributed by atoms with van der Waals surface area (Å²) in [6.45, 7) is 3.24. The highest BCUT2D eigenvalue weighted by molar-refractivity contribution is 7.19. The lowest BCUT2D eigenvalue weighted by Crippen LogP contribution is -2.35. The molecule has 1 amide bonds. The maximum Gasteiger partial charge on any atom is 0.267 e. The molecular formula is C12H13N3O2S2. The number of rotatable bonds is 3.